The summed E-state index contributed by atoms with van der Waals surface area (Å²) in [5, 5.41) is 3.27. The number of carbonyl (C=O) groups excluding carboxylic acids is 1. The van der Waals surface area contributed by atoms with Gasteiger partial charge in [0.1, 0.15) is 0 Å². The fourth-order valence-electron chi connectivity index (χ4n) is 2.06. The van der Waals surface area contributed by atoms with E-state index in [4.69, 9.17) is 4.84 Å². The Morgan fingerprint density at radius 3 is 2.36 bits per heavy atom. The zero-order chi connectivity index (χ0) is 20.9. The molecule has 0 amide bonds. The molecule has 0 aliphatic carbocycles. The minimum atomic E-state index is -4.75. The van der Waals surface area contributed by atoms with Crippen LogP contribution in [0.3, 0.4) is 0 Å². The molecule has 0 saturated carbocycles. The van der Waals surface area contributed by atoms with Crippen LogP contribution in [0.15, 0.2) is 28.8 Å². The fourth-order valence-corrected chi connectivity index (χ4v) is 3.26. The van der Waals surface area contributed by atoms with Crippen molar-refractivity contribution in [3.8, 4) is 11.4 Å². The number of methoxy groups -OCH3 is 1. The first-order valence-corrected chi connectivity index (χ1v) is 9.29. The van der Waals surface area contributed by atoms with Gasteiger partial charge in [0.15, 0.2) is 0 Å². The van der Waals surface area contributed by atoms with Gasteiger partial charge in [-0.1, -0.05) is 33.9 Å². The summed E-state index contributed by atoms with van der Waals surface area (Å²) in [7, 11) is -1.61. The molecule has 0 atom stereocenters. The van der Waals surface area contributed by atoms with Crippen LogP contribution in [0.4, 0.5) is 13.2 Å². The minimum Gasteiger partial charge on any atom is -0.469 e. The minimum absolute atomic E-state index is 0.180. The largest absolute Gasteiger partial charge is 0.471 e. The maximum Gasteiger partial charge on any atom is 0.471 e. The first kappa shape index (κ1) is 21.8. The number of carbonyl (C=O) groups is 1. The number of hydrogen-bond acceptors (Lipinski definition) is 8. The first-order valence-electron chi connectivity index (χ1n) is 7.68. The molecule has 0 bridgehead atoms. The van der Waals surface area contributed by atoms with Gasteiger partial charge < -0.3 is 9.26 Å². The molecule has 9 nitrogen and oxygen atoms in total. The van der Waals surface area contributed by atoms with Gasteiger partial charge in [0.05, 0.1) is 32.9 Å². The van der Waals surface area contributed by atoms with Crippen molar-refractivity contribution in [2.24, 2.45) is 0 Å². The van der Waals surface area contributed by atoms with Gasteiger partial charge in [-0.3, -0.25) is 9.63 Å². The molecule has 28 heavy (non-hydrogen) atoms. The quantitative estimate of drug-likeness (QED) is 0.468. The Morgan fingerprint density at radius 2 is 1.86 bits per heavy atom. The number of sulfonamides is 1. The van der Waals surface area contributed by atoms with Crippen molar-refractivity contribution in [1.29, 1.82) is 0 Å². The third-order valence-corrected chi connectivity index (χ3v) is 5.12. The molecule has 1 aromatic carbocycles. The molecule has 0 fully saturated rings. The number of alkyl halides is 3. The molecule has 0 N–H and O–H groups in total. The van der Waals surface area contributed by atoms with E-state index in [9.17, 15) is 26.4 Å². The van der Waals surface area contributed by atoms with E-state index >= 15 is 0 Å². The molecule has 0 unspecified atom stereocenters. The maximum atomic E-state index is 12.5. The van der Waals surface area contributed by atoms with Gasteiger partial charge in [-0.25, -0.2) is 8.42 Å². The Balaban J connectivity index is 2.10. The van der Waals surface area contributed by atoms with E-state index in [0.29, 0.717) is 10.0 Å². The van der Waals surface area contributed by atoms with E-state index in [2.05, 4.69) is 19.4 Å². The number of hydrogen-bond donors (Lipinski definition) is 0. The van der Waals surface area contributed by atoms with Gasteiger partial charge in [0, 0.05) is 5.56 Å². The monoisotopic (exact) mass is 423 g/mol. The Bertz CT molecular complexity index is 912. The molecule has 0 aliphatic heterocycles. The Hall–Kier alpha value is -2.51. The average Bonchev–Trinajstić information content (AvgIpc) is 3.15. The number of ether oxygens (including phenoxy) is 1. The molecule has 0 aliphatic rings. The van der Waals surface area contributed by atoms with Gasteiger partial charge in [-0.15, -0.1) is 0 Å². The van der Waals surface area contributed by atoms with E-state index in [-0.39, 0.29) is 24.4 Å². The van der Waals surface area contributed by atoms with Gasteiger partial charge >= 0.3 is 18.0 Å². The second kappa shape index (κ2) is 8.67. The second-order valence-corrected chi connectivity index (χ2v) is 7.38. The van der Waals surface area contributed by atoms with Crippen LogP contribution in [0.2, 0.25) is 0 Å². The highest BCUT2D eigenvalue weighted by atomic mass is 32.2. The number of nitrogens with zero attached hydrogens (tertiary/aromatic N) is 3. The smallest absolute Gasteiger partial charge is 0.469 e. The number of halogens is 3. The summed E-state index contributed by atoms with van der Waals surface area (Å²) in [5.41, 5.74) is 0.729. The highest BCUT2D eigenvalue weighted by Gasteiger charge is 2.38. The lowest BCUT2D eigenvalue weighted by Gasteiger charge is -2.19. The maximum absolute atomic E-state index is 12.5. The van der Waals surface area contributed by atoms with Gasteiger partial charge in [0.2, 0.25) is 15.8 Å². The van der Waals surface area contributed by atoms with Crippen molar-refractivity contribution in [3.05, 3.63) is 35.7 Å². The second-order valence-electron chi connectivity index (χ2n) is 5.40. The molecule has 0 spiro atoms. The summed E-state index contributed by atoms with van der Waals surface area (Å²) in [5.74, 6) is -2.90. The fraction of sp³-hybridized carbons (Fsp3) is 0.400. The lowest BCUT2D eigenvalue weighted by molar-refractivity contribution is -0.159. The van der Waals surface area contributed by atoms with Crippen LogP contribution in [-0.2, 0) is 37.1 Å². The number of aromatic nitrogens is 2. The average molecular weight is 423 g/mol. The number of hydroxylamine groups is 1. The van der Waals surface area contributed by atoms with E-state index in [1.807, 2.05) is 0 Å². The van der Waals surface area contributed by atoms with Crippen LogP contribution < -0.4 is 0 Å². The predicted octanol–water partition coefficient (Wildman–Crippen LogP) is 2.01. The van der Waals surface area contributed by atoms with Gasteiger partial charge in [0.25, 0.3) is 0 Å². The van der Waals surface area contributed by atoms with Crippen LogP contribution in [0.1, 0.15) is 17.9 Å². The summed E-state index contributed by atoms with van der Waals surface area (Å²) in [4.78, 5) is 19.3. The van der Waals surface area contributed by atoms with Gasteiger partial charge in [-0.2, -0.15) is 18.2 Å². The molecular weight excluding hydrogens is 407 g/mol. The highest BCUT2D eigenvalue weighted by molar-refractivity contribution is 7.88. The topological polar surface area (TPSA) is 112 Å². The summed E-state index contributed by atoms with van der Waals surface area (Å²) in [6, 6.07) is 5.77. The van der Waals surface area contributed by atoms with Crippen LogP contribution in [0.25, 0.3) is 11.4 Å². The van der Waals surface area contributed by atoms with Crippen molar-refractivity contribution in [3.63, 3.8) is 0 Å². The zero-order valence-corrected chi connectivity index (χ0v) is 15.6. The third-order valence-electron chi connectivity index (χ3n) is 3.50. The molecule has 2 rings (SSSR count). The van der Waals surface area contributed by atoms with E-state index < -0.39 is 33.8 Å². The van der Waals surface area contributed by atoms with Crippen molar-refractivity contribution in [1.82, 2.24) is 14.6 Å². The SMILES string of the molecule is COC(=O)CCS(=O)(=O)N(Cc1ccc(-c2noc(C(F)(F)F)n2)cc1)OC. The lowest BCUT2D eigenvalue weighted by atomic mass is 10.1. The summed E-state index contributed by atoms with van der Waals surface area (Å²) < 4.78 is 71.2. The molecule has 0 radical (unpaired) electrons. The van der Waals surface area contributed by atoms with Crippen LogP contribution in [0.5, 0.6) is 0 Å². The molecule has 154 valence electrons. The summed E-state index contributed by atoms with van der Waals surface area (Å²) in [6.07, 6.45) is -5.08. The van der Waals surface area contributed by atoms with E-state index in [1.54, 1.807) is 0 Å². The van der Waals surface area contributed by atoms with Crippen molar-refractivity contribution in [2.45, 2.75) is 19.1 Å². The molecule has 0 saturated heterocycles. The third kappa shape index (κ3) is 5.50. The Kier molecular flexibility index (Phi) is 6.74. The van der Waals surface area contributed by atoms with E-state index in [0.717, 1.165) is 14.2 Å². The predicted molar refractivity (Wildman–Crippen MR) is 87.7 cm³/mol. The van der Waals surface area contributed by atoms with E-state index in [1.165, 1.54) is 24.3 Å². The number of esters is 1. The van der Waals surface area contributed by atoms with Gasteiger partial charge in [-0.05, 0) is 5.56 Å². The number of benzene rings is 1. The Labute approximate surface area is 158 Å². The highest BCUT2D eigenvalue weighted by Crippen LogP contribution is 2.29. The lowest BCUT2D eigenvalue weighted by Crippen LogP contribution is -2.32. The van der Waals surface area contributed by atoms with Crippen molar-refractivity contribution < 1.29 is 40.5 Å². The molecule has 1 aromatic heterocycles. The molecule has 2 aromatic rings. The molecular formula is C15H16F3N3O6S. The normalized spacial score (nSPS) is 12.4. The molecule has 1 heterocycles. The first-order chi connectivity index (χ1) is 13.1. The summed E-state index contributed by atoms with van der Waals surface area (Å²) >= 11 is 0. The zero-order valence-electron chi connectivity index (χ0n) is 14.8. The van der Waals surface area contributed by atoms with Crippen LogP contribution in [0, 0.1) is 0 Å². The van der Waals surface area contributed by atoms with Crippen LogP contribution in [-0.4, -0.2) is 49.0 Å². The number of rotatable bonds is 8. The van der Waals surface area contributed by atoms with Crippen LogP contribution >= 0.6 is 0 Å². The Morgan fingerprint density at radius 1 is 1.21 bits per heavy atom. The van der Waals surface area contributed by atoms with Crippen molar-refractivity contribution in [2.75, 3.05) is 20.0 Å². The standard InChI is InChI=1S/C15H16F3N3O6S/c1-25-12(22)7-8-28(23,24)21(26-2)9-10-3-5-11(6-4-10)13-19-14(27-20-13)15(16,17)18/h3-6H,7-9H2,1-2H3. The summed E-state index contributed by atoms with van der Waals surface area (Å²) in [6.45, 7) is -0.180. The van der Waals surface area contributed by atoms with Crippen molar-refractivity contribution >= 4 is 16.0 Å². The molecule has 13 heteroatoms.